The number of methoxy groups -OCH3 is 1. The number of nitrogens with one attached hydrogen (secondary N) is 1. The van der Waals surface area contributed by atoms with Crippen molar-refractivity contribution in [3.05, 3.63) is 46.2 Å². The fourth-order valence-corrected chi connectivity index (χ4v) is 6.10. The van der Waals surface area contributed by atoms with Gasteiger partial charge in [0.1, 0.15) is 5.75 Å². The van der Waals surface area contributed by atoms with E-state index in [2.05, 4.69) is 33.9 Å². The maximum atomic E-state index is 12.9. The van der Waals surface area contributed by atoms with Gasteiger partial charge in [-0.25, -0.2) is 0 Å². The van der Waals surface area contributed by atoms with E-state index >= 15 is 0 Å². The number of ether oxygens (including phenoxy) is 1. The molecule has 0 spiro atoms. The fourth-order valence-electron chi connectivity index (χ4n) is 3.52. The number of nitrogens with zero attached hydrogens (tertiary/aromatic N) is 3. The van der Waals surface area contributed by atoms with Crippen molar-refractivity contribution in [1.82, 2.24) is 15.1 Å². The van der Waals surface area contributed by atoms with Crippen molar-refractivity contribution in [3.8, 4) is 5.75 Å². The van der Waals surface area contributed by atoms with Crippen LogP contribution in [0.25, 0.3) is 0 Å². The van der Waals surface area contributed by atoms with Gasteiger partial charge in [-0.3, -0.25) is 4.79 Å². The van der Waals surface area contributed by atoms with Crippen LogP contribution in [0.4, 0.5) is 10.8 Å². The summed E-state index contributed by atoms with van der Waals surface area (Å²) in [5.74, 6) is 1.28. The highest BCUT2D eigenvalue weighted by Gasteiger charge is 2.30. The molecule has 1 unspecified atom stereocenters. The number of benzene rings is 1. The number of rotatable bonds is 7. The van der Waals surface area contributed by atoms with Crippen LogP contribution >= 0.6 is 34.4 Å². The van der Waals surface area contributed by atoms with E-state index in [-0.39, 0.29) is 11.9 Å². The zero-order valence-corrected chi connectivity index (χ0v) is 18.7. The molecule has 3 aromatic rings. The maximum absolute atomic E-state index is 12.9. The highest BCUT2D eigenvalue weighted by Crippen LogP contribution is 2.36. The summed E-state index contributed by atoms with van der Waals surface area (Å²) in [6, 6.07) is 10.0. The molecule has 1 atom stereocenters. The summed E-state index contributed by atoms with van der Waals surface area (Å²) in [7, 11) is 1.64. The summed E-state index contributed by atoms with van der Waals surface area (Å²) in [5, 5.41) is 14.4. The zero-order chi connectivity index (χ0) is 20.2. The summed E-state index contributed by atoms with van der Waals surface area (Å²) in [4.78, 5) is 16.3. The Balaban J connectivity index is 1.37. The first-order chi connectivity index (χ1) is 14.2. The van der Waals surface area contributed by atoms with E-state index in [1.807, 2.05) is 29.2 Å². The minimum absolute atomic E-state index is 0.160. The molecular formula is C20H22N4O2S3. The molecule has 0 saturated heterocycles. The largest absolute Gasteiger partial charge is 0.495 e. The van der Waals surface area contributed by atoms with Crippen LogP contribution in [-0.4, -0.2) is 40.4 Å². The van der Waals surface area contributed by atoms with E-state index in [4.69, 9.17) is 4.74 Å². The van der Waals surface area contributed by atoms with Crippen molar-refractivity contribution in [3.63, 3.8) is 0 Å². The van der Waals surface area contributed by atoms with E-state index in [1.165, 1.54) is 33.5 Å². The van der Waals surface area contributed by atoms with Crippen LogP contribution in [0.15, 0.2) is 40.1 Å². The number of thiophene rings is 1. The van der Waals surface area contributed by atoms with Gasteiger partial charge in [0.15, 0.2) is 4.34 Å². The summed E-state index contributed by atoms with van der Waals surface area (Å²) in [6.45, 7) is 2.94. The third-order valence-electron chi connectivity index (χ3n) is 4.88. The molecule has 1 aliphatic heterocycles. The Morgan fingerprint density at radius 1 is 1.34 bits per heavy atom. The van der Waals surface area contributed by atoms with Gasteiger partial charge in [0.2, 0.25) is 11.0 Å². The summed E-state index contributed by atoms with van der Waals surface area (Å²) >= 11 is 4.68. The summed E-state index contributed by atoms with van der Waals surface area (Å²) in [6.07, 6.45) is 1.89. The standard InChI is InChI=1S/C20H22N4O2S3/c1-3-15-13-9-11-27-17(13)8-10-24(15)18(25)12-28-20-23-22-19(29-20)21-14-6-4-5-7-16(14)26-2/h4-7,9,11,15H,3,8,10,12H2,1-2H3,(H,21,22). The van der Waals surface area contributed by atoms with Crippen molar-refractivity contribution < 1.29 is 9.53 Å². The molecule has 3 heterocycles. The number of anilines is 2. The van der Waals surface area contributed by atoms with E-state index in [1.54, 1.807) is 18.4 Å². The second kappa shape index (κ2) is 9.15. The molecule has 4 rings (SSSR count). The molecule has 1 N–H and O–H groups in total. The number of carbonyl (C=O) groups is 1. The quantitative estimate of drug-likeness (QED) is 0.516. The first kappa shape index (κ1) is 20.2. The predicted molar refractivity (Wildman–Crippen MR) is 120 cm³/mol. The normalized spacial score (nSPS) is 15.8. The molecule has 0 bridgehead atoms. The van der Waals surface area contributed by atoms with Crippen molar-refractivity contribution in [2.75, 3.05) is 24.7 Å². The van der Waals surface area contributed by atoms with Gasteiger partial charge in [-0.1, -0.05) is 42.2 Å². The minimum atomic E-state index is 0.160. The Kier molecular flexibility index (Phi) is 6.37. The van der Waals surface area contributed by atoms with E-state index in [0.717, 1.165) is 35.2 Å². The third kappa shape index (κ3) is 4.41. The number of thioether (sulfide) groups is 1. The number of fused-ring (bicyclic) bond motifs is 1. The summed E-state index contributed by atoms with van der Waals surface area (Å²) in [5.41, 5.74) is 2.16. The van der Waals surface area contributed by atoms with Crippen LogP contribution in [0.1, 0.15) is 29.8 Å². The van der Waals surface area contributed by atoms with Gasteiger partial charge in [0.05, 0.1) is 24.6 Å². The number of para-hydroxylation sites is 2. The predicted octanol–water partition coefficient (Wildman–Crippen LogP) is 4.98. The van der Waals surface area contributed by atoms with Crippen molar-refractivity contribution in [2.24, 2.45) is 0 Å². The maximum Gasteiger partial charge on any atom is 0.233 e. The third-order valence-corrected chi connectivity index (χ3v) is 7.83. The Bertz CT molecular complexity index is 988. The highest BCUT2D eigenvalue weighted by atomic mass is 32.2. The van der Waals surface area contributed by atoms with Gasteiger partial charge in [-0.05, 0) is 42.0 Å². The number of hydrogen-bond acceptors (Lipinski definition) is 8. The molecular weight excluding hydrogens is 424 g/mol. The molecule has 1 amide bonds. The van der Waals surface area contributed by atoms with Crippen LogP contribution in [-0.2, 0) is 11.2 Å². The van der Waals surface area contributed by atoms with Crippen molar-refractivity contribution >= 4 is 51.2 Å². The molecule has 9 heteroatoms. The molecule has 0 saturated carbocycles. The molecule has 6 nitrogen and oxygen atoms in total. The number of carbonyl (C=O) groups excluding carboxylic acids is 1. The molecule has 0 aliphatic carbocycles. The molecule has 0 radical (unpaired) electrons. The smallest absolute Gasteiger partial charge is 0.233 e. The fraction of sp³-hybridized carbons (Fsp3) is 0.350. The molecule has 2 aromatic heterocycles. The lowest BCUT2D eigenvalue weighted by molar-refractivity contribution is -0.131. The van der Waals surface area contributed by atoms with E-state index in [9.17, 15) is 4.79 Å². The SMILES string of the molecule is CCC1c2ccsc2CCN1C(=O)CSc1nnc(Nc2ccccc2OC)s1. The monoisotopic (exact) mass is 446 g/mol. The lowest BCUT2D eigenvalue weighted by atomic mass is 9.98. The average Bonchev–Trinajstić information content (AvgIpc) is 3.41. The Morgan fingerprint density at radius 3 is 3.03 bits per heavy atom. The van der Waals surface area contributed by atoms with Gasteiger partial charge in [0.25, 0.3) is 0 Å². The second-order valence-corrected chi connectivity index (χ2v) is 9.75. The van der Waals surface area contributed by atoms with Crippen molar-refractivity contribution in [2.45, 2.75) is 30.1 Å². The first-order valence-corrected chi connectivity index (χ1v) is 12.1. The van der Waals surface area contributed by atoms with E-state index in [0.29, 0.717) is 10.9 Å². The lowest BCUT2D eigenvalue weighted by Gasteiger charge is -2.35. The molecule has 1 aromatic carbocycles. The van der Waals surface area contributed by atoms with Crippen LogP contribution in [0, 0.1) is 0 Å². The molecule has 29 heavy (non-hydrogen) atoms. The molecule has 1 aliphatic rings. The average molecular weight is 447 g/mol. The lowest BCUT2D eigenvalue weighted by Crippen LogP contribution is -2.40. The Hall–Kier alpha value is -2.10. The van der Waals surface area contributed by atoms with Crippen LogP contribution in [0.2, 0.25) is 0 Å². The first-order valence-electron chi connectivity index (χ1n) is 9.41. The van der Waals surface area contributed by atoms with E-state index < -0.39 is 0 Å². The minimum Gasteiger partial charge on any atom is -0.495 e. The van der Waals surface area contributed by atoms with Gasteiger partial charge in [-0.15, -0.1) is 21.5 Å². The number of hydrogen-bond donors (Lipinski definition) is 1. The number of aromatic nitrogens is 2. The van der Waals surface area contributed by atoms with Gasteiger partial charge in [-0.2, -0.15) is 0 Å². The van der Waals surface area contributed by atoms with Crippen molar-refractivity contribution in [1.29, 1.82) is 0 Å². The molecule has 152 valence electrons. The van der Waals surface area contributed by atoms with Crippen LogP contribution < -0.4 is 10.1 Å². The Labute approximate surface area is 182 Å². The second-order valence-electron chi connectivity index (χ2n) is 6.55. The highest BCUT2D eigenvalue weighted by molar-refractivity contribution is 8.01. The summed E-state index contributed by atoms with van der Waals surface area (Å²) < 4.78 is 6.12. The van der Waals surface area contributed by atoms with Crippen LogP contribution in [0.3, 0.4) is 0 Å². The Morgan fingerprint density at radius 2 is 2.21 bits per heavy atom. The van der Waals surface area contributed by atoms with Gasteiger partial charge in [0, 0.05) is 11.4 Å². The number of amides is 1. The van der Waals surface area contributed by atoms with Crippen LogP contribution in [0.5, 0.6) is 5.75 Å². The van der Waals surface area contributed by atoms with Gasteiger partial charge < -0.3 is 15.0 Å². The zero-order valence-electron chi connectivity index (χ0n) is 16.3. The topological polar surface area (TPSA) is 67.4 Å². The van der Waals surface area contributed by atoms with Gasteiger partial charge >= 0.3 is 0 Å². The molecule has 0 fully saturated rings.